The summed E-state index contributed by atoms with van der Waals surface area (Å²) in [4.78, 5) is 0. The van der Waals surface area contributed by atoms with Crippen molar-refractivity contribution in [3.05, 3.63) is 322 Å². The minimum Gasteiger partial charge on any atom is -0.333 e. The van der Waals surface area contributed by atoms with Gasteiger partial charge in [-0.1, -0.05) is 176 Å². The fourth-order valence-corrected chi connectivity index (χ4v) is 14.6. The Morgan fingerprint density at radius 3 is 0.841 bits per heavy atom. The SMILES string of the molecule is C1=CCC(n2c3ccccc3c3cc(-c4cc(-c5cc(-c6ccc7c(c6)c6ccccc6n7-c6ccccc6)cc(-c6ccc7c(c6)c6ccccc6n7-c6ccccc6)c5)cc(-c5ccc6c(c5)c5ccccc5n6-c5ccccc5)c4)ccc32)C=C1. The first kappa shape index (κ1) is 49.9. The third-order valence-corrected chi connectivity index (χ3v) is 18.6. The van der Waals surface area contributed by atoms with Crippen molar-refractivity contribution >= 4 is 87.2 Å². The van der Waals surface area contributed by atoms with E-state index in [0.717, 1.165) is 68.0 Å². The minimum atomic E-state index is 0.240. The molecule has 4 heteroatoms. The number of allylic oxidation sites excluding steroid dienone is 4. The van der Waals surface area contributed by atoms with Crippen molar-refractivity contribution in [3.8, 4) is 72.7 Å². The number of rotatable bonds is 9. The zero-order valence-electron chi connectivity index (χ0n) is 48.2. The quantitative estimate of drug-likeness (QED) is 0.137. The summed E-state index contributed by atoms with van der Waals surface area (Å²) in [7, 11) is 0. The van der Waals surface area contributed by atoms with Crippen LogP contribution in [0.5, 0.6) is 0 Å². The van der Waals surface area contributed by atoms with Gasteiger partial charge in [-0.25, -0.2) is 0 Å². The normalized spacial score (nSPS) is 13.4. The molecule has 1 aliphatic rings. The van der Waals surface area contributed by atoms with Crippen LogP contribution in [0.2, 0.25) is 0 Å². The molecule has 4 heterocycles. The lowest BCUT2D eigenvalue weighted by molar-refractivity contribution is 0.648. The molecule has 4 nitrogen and oxygen atoms in total. The fraction of sp³-hybridized carbons (Fsp3) is 0.0238. The van der Waals surface area contributed by atoms with Gasteiger partial charge in [0.15, 0.2) is 0 Å². The minimum absolute atomic E-state index is 0.240. The van der Waals surface area contributed by atoms with E-state index in [2.05, 4.69) is 340 Å². The number of nitrogens with zero attached hydrogens (tertiary/aromatic N) is 4. The number of hydrogen-bond donors (Lipinski definition) is 0. The second kappa shape index (κ2) is 20.1. The molecule has 0 aliphatic heterocycles. The van der Waals surface area contributed by atoms with Crippen LogP contribution < -0.4 is 0 Å². The zero-order chi connectivity index (χ0) is 57.8. The molecule has 0 saturated heterocycles. The van der Waals surface area contributed by atoms with Gasteiger partial charge in [0.25, 0.3) is 0 Å². The van der Waals surface area contributed by atoms with E-state index < -0.39 is 0 Å². The van der Waals surface area contributed by atoms with E-state index in [-0.39, 0.29) is 6.04 Å². The largest absolute Gasteiger partial charge is 0.333 e. The number of benzene rings is 13. The van der Waals surface area contributed by atoms with Crippen LogP contribution in [0, 0.1) is 0 Å². The number of aromatic nitrogens is 4. The summed E-state index contributed by atoms with van der Waals surface area (Å²) in [5, 5.41) is 9.89. The van der Waals surface area contributed by atoms with E-state index >= 15 is 0 Å². The van der Waals surface area contributed by atoms with Crippen molar-refractivity contribution in [3.63, 3.8) is 0 Å². The fourth-order valence-electron chi connectivity index (χ4n) is 14.6. The maximum absolute atomic E-state index is 2.54. The van der Waals surface area contributed by atoms with Gasteiger partial charge in [-0.05, 0) is 208 Å². The number of fused-ring (bicyclic) bond motifs is 12. The summed E-state index contributed by atoms with van der Waals surface area (Å²) >= 11 is 0. The van der Waals surface area contributed by atoms with Gasteiger partial charge in [-0.2, -0.15) is 0 Å². The molecule has 0 saturated carbocycles. The topological polar surface area (TPSA) is 19.7 Å². The van der Waals surface area contributed by atoms with Gasteiger partial charge in [-0.15, -0.1) is 0 Å². The van der Waals surface area contributed by atoms with E-state index in [4.69, 9.17) is 0 Å². The third-order valence-electron chi connectivity index (χ3n) is 18.6. The second-order valence-electron chi connectivity index (χ2n) is 23.6. The van der Waals surface area contributed by atoms with Gasteiger partial charge in [0.05, 0.1) is 39.1 Å². The Balaban J connectivity index is 0.880. The van der Waals surface area contributed by atoms with Crippen molar-refractivity contribution in [2.75, 3.05) is 0 Å². The maximum Gasteiger partial charge on any atom is 0.0560 e. The lowest BCUT2D eigenvalue weighted by atomic mass is 9.89. The molecule has 18 rings (SSSR count). The average Bonchev–Trinajstić information content (AvgIpc) is 1.92. The summed E-state index contributed by atoms with van der Waals surface area (Å²) in [5.74, 6) is 0. The maximum atomic E-state index is 2.54. The molecule has 17 aromatic rings. The van der Waals surface area contributed by atoms with Gasteiger partial charge in [-0.3, -0.25) is 0 Å². The van der Waals surface area contributed by atoms with Crippen LogP contribution >= 0.6 is 0 Å². The molecule has 0 fully saturated rings. The summed E-state index contributed by atoms with van der Waals surface area (Å²) in [6, 6.07) is 111. The van der Waals surface area contributed by atoms with Gasteiger partial charge in [0, 0.05) is 71.2 Å². The van der Waals surface area contributed by atoms with Gasteiger partial charge in [0.2, 0.25) is 0 Å². The van der Waals surface area contributed by atoms with Crippen molar-refractivity contribution in [2.24, 2.45) is 0 Å². The van der Waals surface area contributed by atoms with Crippen LogP contribution in [0.3, 0.4) is 0 Å². The molecule has 1 unspecified atom stereocenters. The van der Waals surface area contributed by atoms with Crippen LogP contribution in [0.25, 0.3) is 160 Å². The monoisotopic (exact) mass is 1120 g/mol. The highest BCUT2D eigenvalue weighted by Gasteiger charge is 2.22. The lowest BCUT2D eigenvalue weighted by Gasteiger charge is -2.18. The molecule has 412 valence electrons. The molecular weight excluding hydrogens is 1060 g/mol. The van der Waals surface area contributed by atoms with Crippen LogP contribution in [0.15, 0.2) is 322 Å². The Morgan fingerprint density at radius 2 is 0.489 bits per heavy atom. The molecule has 0 spiro atoms. The predicted molar refractivity (Wildman–Crippen MR) is 372 cm³/mol. The Morgan fingerprint density at radius 1 is 0.216 bits per heavy atom. The highest BCUT2D eigenvalue weighted by Crippen LogP contribution is 2.44. The molecular formula is C84H56N4. The van der Waals surface area contributed by atoms with Crippen molar-refractivity contribution in [2.45, 2.75) is 12.5 Å². The first-order valence-electron chi connectivity index (χ1n) is 30.6. The molecule has 0 N–H and O–H groups in total. The standard InChI is InChI=1S/C84H56N4/c1-5-21-65(22-6-1)85-77-33-17-13-29-69(77)73-51-55(37-41-81(73)85)59-45-60(56-38-42-82-74(52-56)70-30-14-18-34-78(70)86(82)66-23-7-2-8-24-66)48-63(47-59)64-49-61(57-39-43-83-75(53-57)71-31-15-19-35-79(71)87(83)67-25-9-3-10-26-67)46-62(50-64)58-40-44-84-76(54-58)72-32-16-20-36-80(72)88(84)68-27-11-4-12-28-68/h1-27,29-54,68H,28H2. The van der Waals surface area contributed by atoms with E-state index in [0.29, 0.717) is 0 Å². The molecule has 0 radical (unpaired) electrons. The Bertz CT molecular complexity index is 5530. The molecule has 0 bridgehead atoms. The van der Waals surface area contributed by atoms with Crippen molar-refractivity contribution in [1.82, 2.24) is 18.3 Å². The van der Waals surface area contributed by atoms with Crippen molar-refractivity contribution < 1.29 is 0 Å². The highest BCUT2D eigenvalue weighted by molar-refractivity contribution is 6.14. The summed E-state index contributed by atoms with van der Waals surface area (Å²) < 4.78 is 9.75. The van der Waals surface area contributed by atoms with Gasteiger partial charge in [0.1, 0.15) is 0 Å². The zero-order valence-corrected chi connectivity index (χ0v) is 48.2. The Labute approximate surface area is 509 Å². The predicted octanol–water partition coefficient (Wildman–Crippen LogP) is 22.5. The molecule has 0 amide bonds. The second-order valence-corrected chi connectivity index (χ2v) is 23.6. The van der Waals surface area contributed by atoms with Crippen LogP contribution in [-0.2, 0) is 0 Å². The Kier molecular flexibility index (Phi) is 11.4. The van der Waals surface area contributed by atoms with Crippen LogP contribution in [0.1, 0.15) is 12.5 Å². The first-order chi connectivity index (χ1) is 43.6. The van der Waals surface area contributed by atoms with Crippen molar-refractivity contribution in [1.29, 1.82) is 0 Å². The van der Waals surface area contributed by atoms with Gasteiger partial charge >= 0.3 is 0 Å². The third kappa shape index (κ3) is 8.00. The molecule has 1 aliphatic carbocycles. The first-order valence-corrected chi connectivity index (χ1v) is 30.6. The summed E-state index contributed by atoms with van der Waals surface area (Å²) in [6.45, 7) is 0. The Hall–Kier alpha value is -11.5. The lowest BCUT2D eigenvalue weighted by Crippen LogP contribution is -2.06. The molecule has 88 heavy (non-hydrogen) atoms. The number of hydrogen-bond acceptors (Lipinski definition) is 0. The summed E-state index contributed by atoms with van der Waals surface area (Å²) in [5.41, 5.74) is 24.7. The summed E-state index contributed by atoms with van der Waals surface area (Å²) in [6.07, 6.45) is 9.95. The van der Waals surface area contributed by atoms with E-state index in [1.165, 1.54) is 98.4 Å². The van der Waals surface area contributed by atoms with E-state index in [1.807, 2.05) is 0 Å². The average molecular weight is 1120 g/mol. The van der Waals surface area contributed by atoms with Crippen LogP contribution in [-0.4, -0.2) is 18.3 Å². The molecule has 13 aromatic carbocycles. The molecule has 1 atom stereocenters. The van der Waals surface area contributed by atoms with Crippen LogP contribution in [0.4, 0.5) is 0 Å². The van der Waals surface area contributed by atoms with Gasteiger partial charge < -0.3 is 18.3 Å². The molecule has 4 aromatic heterocycles. The van der Waals surface area contributed by atoms with E-state index in [1.54, 1.807) is 0 Å². The highest BCUT2D eigenvalue weighted by atomic mass is 15.0. The number of para-hydroxylation sites is 7. The van der Waals surface area contributed by atoms with E-state index in [9.17, 15) is 0 Å². The smallest absolute Gasteiger partial charge is 0.0560 e.